The van der Waals surface area contributed by atoms with Gasteiger partial charge in [-0.15, -0.1) is 10.6 Å². The van der Waals surface area contributed by atoms with Gasteiger partial charge in [-0.2, -0.15) is 0 Å². The molecule has 22 heavy (non-hydrogen) atoms. The van der Waals surface area contributed by atoms with Gasteiger partial charge in [0.15, 0.2) is 18.6 Å². The maximum atomic E-state index is 12.9. The molecule has 0 aliphatic heterocycles. The summed E-state index contributed by atoms with van der Waals surface area (Å²) in [4.78, 5) is 33.4. The number of hydrogen-bond donors (Lipinski definition) is 4. The van der Waals surface area contributed by atoms with Crippen LogP contribution in [-0.4, -0.2) is 54.9 Å². The van der Waals surface area contributed by atoms with Crippen molar-refractivity contribution in [3.05, 3.63) is 29.8 Å². The average molecular weight is 334 g/mol. The molecule has 0 bridgehead atoms. The molecular formula is C13H15FO7S. The lowest BCUT2D eigenvalue weighted by atomic mass is 10.1. The van der Waals surface area contributed by atoms with Gasteiger partial charge in [0.05, 0.1) is 4.90 Å². The molecule has 7 nitrogen and oxygen atoms in total. The molecule has 0 aromatic heterocycles. The summed E-state index contributed by atoms with van der Waals surface area (Å²) in [6.45, 7) is 1.71. The van der Waals surface area contributed by atoms with E-state index >= 15 is 0 Å². The molecule has 122 valence electrons. The molecule has 0 aliphatic carbocycles. The summed E-state index contributed by atoms with van der Waals surface area (Å²) in [5.41, 5.74) is 0.763. The number of ketones is 1. The van der Waals surface area contributed by atoms with E-state index in [9.17, 15) is 38.1 Å². The van der Waals surface area contributed by atoms with Crippen LogP contribution in [0.25, 0.3) is 0 Å². The number of alkyl halides is 1. The van der Waals surface area contributed by atoms with Crippen LogP contribution in [0.1, 0.15) is 5.56 Å². The van der Waals surface area contributed by atoms with Crippen molar-refractivity contribution in [2.45, 2.75) is 30.2 Å². The van der Waals surface area contributed by atoms with Gasteiger partial charge in [0.2, 0.25) is 0 Å². The Labute approximate surface area is 126 Å². The summed E-state index contributed by atoms with van der Waals surface area (Å²) in [7, 11) is -4.24. The van der Waals surface area contributed by atoms with Gasteiger partial charge < -0.3 is 15.0 Å². The summed E-state index contributed by atoms with van der Waals surface area (Å²) in [6.07, 6.45) is -8.00. The first kappa shape index (κ1) is 18.4. The van der Waals surface area contributed by atoms with Gasteiger partial charge in [-0.3, -0.25) is 18.7 Å². The number of Topliss-reactive ketones (excluding diaryl/α,β-unsaturated/α-hetero) is 1. The van der Waals surface area contributed by atoms with Crippen LogP contribution in [-0.2, 0) is 14.4 Å². The van der Waals surface area contributed by atoms with Crippen LogP contribution in [0.3, 0.4) is 0 Å². The summed E-state index contributed by atoms with van der Waals surface area (Å²) >= 11 is 0. The van der Waals surface area contributed by atoms with Crippen molar-refractivity contribution >= 4 is 27.8 Å². The van der Waals surface area contributed by atoms with Crippen LogP contribution in [0.2, 0.25) is 0 Å². The SMILES string of the molecule is Cc1ccc(S(O)(O)C(=O)C(=O)[C@@H](O)[C@H](O)[C@@H](F)C=O)cc1. The number of carbonyl (C=O) groups is 3. The van der Waals surface area contributed by atoms with Crippen LogP contribution in [0.5, 0.6) is 0 Å². The lowest BCUT2D eigenvalue weighted by molar-refractivity contribution is -0.144. The molecular weight excluding hydrogens is 319 g/mol. The van der Waals surface area contributed by atoms with Gasteiger partial charge in [-0.25, -0.2) is 4.39 Å². The van der Waals surface area contributed by atoms with Crippen molar-refractivity contribution in [2.75, 3.05) is 0 Å². The number of hydrogen-bond acceptors (Lipinski definition) is 7. The minimum absolute atomic E-state index is 0.259. The van der Waals surface area contributed by atoms with E-state index in [2.05, 4.69) is 0 Å². The van der Waals surface area contributed by atoms with E-state index in [0.29, 0.717) is 0 Å². The third kappa shape index (κ3) is 3.76. The smallest absolute Gasteiger partial charge is 0.313 e. The molecule has 0 saturated carbocycles. The highest BCUT2D eigenvalue weighted by Crippen LogP contribution is 2.49. The fraction of sp³-hybridized carbons (Fsp3) is 0.308. The fourth-order valence-corrected chi connectivity index (χ4v) is 2.64. The highest BCUT2D eigenvalue weighted by Gasteiger charge is 2.40. The molecule has 0 fully saturated rings. The van der Waals surface area contributed by atoms with Gasteiger partial charge in [-0.05, 0) is 19.1 Å². The molecule has 1 aromatic rings. The number of aldehydes is 1. The lowest BCUT2D eigenvalue weighted by Crippen LogP contribution is -2.44. The predicted octanol–water partition coefficient (Wildman–Crippen LogP) is 0.459. The van der Waals surface area contributed by atoms with Crippen molar-refractivity contribution in [1.29, 1.82) is 0 Å². The van der Waals surface area contributed by atoms with Crippen LogP contribution < -0.4 is 0 Å². The van der Waals surface area contributed by atoms with Crippen LogP contribution in [0, 0.1) is 6.92 Å². The van der Waals surface area contributed by atoms with E-state index in [0.717, 1.165) is 5.56 Å². The van der Waals surface area contributed by atoms with E-state index in [-0.39, 0.29) is 11.2 Å². The van der Waals surface area contributed by atoms with Crippen LogP contribution >= 0.6 is 10.6 Å². The first-order valence-corrected chi connectivity index (χ1v) is 7.56. The van der Waals surface area contributed by atoms with Crippen molar-refractivity contribution in [2.24, 2.45) is 0 Å². The maximum Gasteiger partial charge on any atom is 0.313 e. The number of benzene rings is 1. The van der Waals surface area contributed by atoms with Gasteiger partial charge in [-0.1, -0.05) is 17.7 Å². The summed E-state index contributed by atoms with van der Waals surface area (Å²) in [6, 6.07) is 5.36. The zero-order valence-corrected chi connectivity index (χ0v) is 12.2. The minimum Gasteiger partial charge on any atom is -0.386 e. The minimum atomic E-state index is -4.24. The Bertz CT molecular complexity index is 572. The fourth-order valence-electron chi connectivity index (χ4n) is 1.51. The molecule has 9 heteroatoms. The van der Waals surface area contributed by atoms with E-state index < -0.39 is 39.9 Å². The molecule has 1 aromatic carbocycles. The second kappa shape index (κ2) is 7.07. The molecule has 0 heterocycles. The quantitative estimate of drug-likeness (QED) is 0.439. The Balaban J connectivity index is 3.00. The molecule has 1 rings (SSSR count). The Morgan fingerprint density at radius 3 is 2.14 bits per heavy atom. The monoisotopic (exact) mass is 334 g/mol. The molecule has 0 radical (unpaired) electrons. The summed E-state index contributed by atoms with van der Waals surface area (Å²) < 4.78 is 32.6. The maximum absolute atomic E-state index is 12.9. The van der Waals surface area contributed by atoms with E-state index in [4.69, 9.17) is 0 Å². The zero-order valence-electron chi connectivity index (χ0n) is 11.4. The van der Waals surface area contributed by atoms with Gasteiger partial charge >= 0.3 is 5.12 Å². The van der Waals surface area contributed by atoms with E-state index in [1.165, 1.54) is 24.3 Å². The van der Waals surface area contributed by atoms with Gasteiger partial charge in [0.1, 0.15) is 6.10 Å². The molecule has 0 spiro atoms. The van der Waals surface area contributed by atoms with E-state index in [1.54, 1.807) is 6.92 Å². The van der Waals surface area contributed by atoms with Crippen molar-refractivity contribution < 1.29 is 38.1 Å². The number of halogens is 1. The molecule has 0 amide bonds. The first-order valence-electron chi connectivity index (χ1n) is 6.01. The summed E-state index contributed by atoms with van der Waals surface area (Å²) in [5, 5.41) is 16.8. The topological polar surface area (TPSA) is 132 Å². The zero-order chi connectivity index (χ0) is 17.1. The van der Waals surface area contributed by atoms with Crippen molar-refractivity contribution in [3.63, 3.8) is 0 Å². The standard InChI is InChI=1S/C13H15FO7S/c1-7-2-4-8(5-3-7)22(20,21)13(19)12(18)11(17)10(16)9(14)6-15/h2-6,9-11,16-17,20-21H,1H3/t9-,10+,11-/m0/s1. The highest BCUT2D eigenvalue weighted by molar-refractivity contribution is 8.38. The number of aliphatic hydroxyl groups is 2. The van der Waals surface area contributed by atoms with Crippen molar-refractivity contribution in [3.8, 4) is 0 Å². The Hall–Kier alpha value is -1.65. The molecule has 0 unspecified atom stereocenters. The normalized spacial score (nSPS) is 16.5. The first-order chi connectivity index (χ1) is 10.1. The highest BCUT2D eigenvalue weighted by atomic mass is 32.3. The van der Waals surface area contributed by atoms with Gasteiger partial charge in [0.25, 0.3) is 5.78 Å². The van der Waals surface area contributed by atoms with Crippen molar-refractivity contribution in [1.82, 2.24) is 0 Å². The second-order valence-corrected chi connectivity index (χ2v) is 6.47. The third-order valence-electron chi connectivity index (χ3n) is 2.86. The Kier molecular flexibility index (Phi) is 5.92. The Morgan fingerprint density at radius 2 is 1.68 bits per heavy atom. The molecule has 0 saturated heterocycles. The number of rotatable bonds is 6. The number of aliphatic hydroxyl groups excluding tert-OH is 2. The average Bonchev–Trinajstić information content (AvgIpc) is 2.51. The number of carbonyl (C=O) groups excluding carboxylic acids is 3. The second-order valence-electron chi connectivity index (χ2n) is 4.53. The van der Waals surface area contributed by atoms with Gasteiger partial charge in [0, 0.05) is 0 Å². The predicted molar refractivity (Wildman–Crippen MR) is 75.3 cm³/mol. The Morgan fingerprint density at radius 1 is 1.18 bits per heavy atom. The van der Waals surface area contributed by atoms with Crippen LogP contribution in [0.15, 0.2) is 29.2 Å². The number of aryl methyl sites for hydroxylation is 1. The molecule has 4 N–H and O–H groups in total. The third-order valence-corrected chi connectivity index (χ3v) is 4.51. The summed E-state index contributed by atoms with van der Waals surface area (Å²) in [5.74, 6) is -1.79. The van der Waals surface area contributed by atoms with Crippen LogP contribution in [0.4, 0.5) is 4.39 Å². The molecule has 0 aliphatic rings. The van der Waals surface area contributed by atoms with E-state index in [1.807, 2.05) is 0 Å². The lowest BCUT2D eigenvalue weighted by Gasteiger charge is -2.30. The molecule has 3 atom stereocenters. The largest absolute Gasteiger partial charge is 0.386 e.